The molecule has 138 valence electrons. The molecule has 3 rings (SSSR count). The lowest BCUT2D eigenvalue weighted by Gasteiger charge is -2.15. The fourth-order valence-corrected chi connectivity index (χ4v) is 3.31. The number of esters is 1. The van der Waals surface area contributed by atoms with Gasteiger partial charge < -0.3 is 10.1 Å². The zero-order chi connectivity index (χ0) is 19.6. The van der Waals surface area contributed by atoms with Crippen molar-refractivity contribution in [2.75, 3.05) is 0 Å². The molecule has 0 saturated carbocycles. The van der Waals surface area contributed by atoms with Gasteiger partial charge in [0.1, 0.15) is 17.1 Å². The normalized spacial score (nSPS) is 11.9. The lowest BCUT2D eigenvalue weighted by atomic mass is 10.2. The Hall–Kier alpha value is -2.22. The Kier molecular flexibility index (Phi) is 5.94. The van der Waals surface area contributed by atoms with E-state index in [2.05, 4.69) is 31.2 Å². The number of carbonyl (C=O) groups excluding carboxylic acids is 2. The highest BCUT2D eigenvalue weighted by Gasteiger charge is 2.22. The molecule has 3 aromatic rings. The van der Waals surface area contributed by atoms with Gasteiger partial charge in [0.05, 0.1) is 15.6 Å². The van der Waals surface area contributed by atoms with Gasteiger partial charge in [-0.25, -0.2) is 9.78 Å². The maximum Gasteiger partial charge on any atom is 0.333 e. The number of aromatic nitrogens is 2. The highest BCUT2D eigenvalue weighted by molar-refractivity contribution is 9.10. The van der Waals surface area contributed by atoms with E-state index in [1.54, 1.807) is 18.2 Å². The molecule has 0 aliphatic carbocycles. The summed E-state index contributed by atoms with van der Waals surface area (Å²) in [6, 6.07) is 7.06. The third kappa shape index (κ3) is 4.21. The van der Waals surface area contributed by atoms with Gasteiger partial charge in [-0.05, 0) is 47.1 Å². The summed E-state index contributed by atoms with van der Waals surface area (Å²) in [6.07, 6.45) is 3.03. The SMILES string of the molecule is C[C@H](NC(=O)c1c(Cl)cccc1Cl)C(=O)Oc1ccc(Br)c2nccnc12. The lowest BCUT2D eigenvalue weighted by molar-refractivity contribution is -0.136. The number of nitrogens with zero attached hydrogens (tertiary/aromatic N) is 2. The molecule has 6 nitrogen and oxygen atoms in total. The summed E-state index contributed by atoms with van der Waals surface area (Å²) >= 11 is 15.4. The smallest absolute Gasteiger partial charge is 0.333 e. The number of nitrogens with one attached hydrogen (secondary N) is 1. The Morgan fingerprint density at radius 2 is 1.70 bits per heavy atom. The predicted octanol–water partition coefficient (Wildman–Crippen LogP) is 4.42. The summed E-state index contributed by atoms with van der Waals surface area (Å²) in [7, 11) is 0. The van der Waals surface area contributed by atoms with E-state index in [-0.39, 0.29) is 21.4 Å². The third-order valence-corrected chi connectivity index (χ3v) is 4.91. The summed E-state index contributed by atoms with van der Waals surface area (Å²) in [5, 5.41) is 2.91. The first-order valence-corrected chi connectivity index (χ1v) is 9.29. The highest BCUT2D eigenvalue weighted by Crippen LogP contribution is 2.29. The molecule has 1 aromatic heterocycles. The van der Waals surface area contributed by atoms with E-state index < -0.39 is 17.9 Å². The number of benzene rings is 2. The monoisotopic (exact) mass is 467 g/mol. The number of carbonyl (C=O) groups is 2. The minimum atomic E-state index is -0.944. The third-order valence-electron chi connectivity index (χ3n) is 3.64. The van der Waals surface area contributed by atoms with Crippen LogP contribution in [-0.2, 0) is 4.79 Å². The molecule has 1 amide bonds. The molecule has 0 saturated heterocycles. The van der Waals surface area contributed by atoms with Crippen molar-refractivity contribution in [3.8, 4) is 5.75 Å². The molecule has 0 bridgehead atoms. The van der Waals surface area contributed by atoms with Gasteiger partial charge in [-0.2, -0.15) is 0 Å². The van der Waals surface area contributed by atoms with Crippen LogP contribution in [0.25, 0.3) is 11.0 Å². The summed E-state index contributed by atoms with van der Waals surface area (Å²) in [4.78, 5) is 33.2. The Morgan fingerprint density at radius 3 is 2.37 bits per heavy atom. The minimum absolute atomic E-state index is 0.0976. The first-order valence-electron chi connectivity index (χ1n) is 7.74. The van der Waals surface area contributed by atoms with Crippen LogP contribution in [0.3, 0.4) is 0 Å². The summed E-state index contributed by atoms with van der Waals surface area (Å²) < 4.78 is 6.12. The summed E-state index contributed by atoms with van der Waals surface area (Å²) in [6.45, 7) is 1.50. The van der Waals surface area contributed by atoms with Crippen molar-refractivity contribution in [1.29, 1.82) is 0 Å². The van der Waals surface area contributed by atoms with E-state index in [4.69, 9.17) is 27.9 Å². The number of rotatable bonds is 4. The van der Waals surface area contributed by atoms with Crippen molar-refractivity contribution in [3.05, 3.63) is 62.8 Å². The van der Waals surface area contributed by atoms with Crippen LogP contribution in [0.1, 0.15) is 17.3 Å². The molecule has 0 spiro atoms. The molecule has 1 N–H and O–H groups in total. The molecule has 1 heterocycles. The van der Waals surface area contributed by atoms with E-state index in [9.17, 15) is 9.59 Å². The fourth-order valence-electron chi connectivity index (χ4n) is 2.32. The van der Waals surface area contributed by atoms with Gasteiger partial charge >= 0.3 is 5.97 Å². The molecule has 0 aliphatic rings. The Bertz CT molecular complexity index is 1030. The quantitative estimate of drug-likeness (QED) is 0.452. The van der Waals surface area contributed by atoms with Crippen LogP contribution < -0.4 is 10.1 Å². The van der Waals surface area contributed by atoms with Crippen LogP contribution in [0.15, 0.2) is 47.2 Å². The van der Waals surface area contributed by atoms with Crippen molar-refractivity contribution in [1.82, 2.24) is 15.3 Å². The zero-order valence-electron chi connectivity index (χ0n) is 13.9. The molecule has 2 aromatic carbocycles. The molecule has 1 atom stereocenters. The van der Waals surface area contributed by atoms with Crippen molar-refractivity contribution >= 4 is 62.0 Å². The molecule has 27 heavy (non-hydrogen) atoms. The molecule has 0 aliphatic heterocycles. The largest absolute Gasteiger partial charge is 0.423 e. The van der Waals surface area contributed by atoms with Gasteiger partial charge in [0, 0.05) is 16.9 Å². The number of hydrogen-bond acceptors (Lipinski definition) is 5. The predicted molar refractivity (Wildman–Crippen MR) is 106 cm³/mol. The molecule has 0 fully saturated rings. The number of ether oxygens (including phenoxy) is 1. The Balaban J connectivity index is 1.77. The zero-order valence-corrected chi connectivity index (χ0v) is 17.0. The van der Waals surface area contributed by atoms with E-state index in [1.165, 1.54) is 31.5 Å². The van der Waals surface area contributed by atoms with Gasteiger partial charge in [-0.3, -0.25) is 9.78 Å². The van der Waals surface area contributed by atoms with Crippen LogP contribution in [0.5, 0.6) is 5.75 Å². The van der Waals surface area contributed by atoms with Gasteiger partial charge in [-0.15, -0.1) is 0 Å². The molecule has 0 radical (unpaired) electrons. The topological polar surface area (TPSA) is 81.2 Å². The Morgan fingerprint density at radius 1 is 1.07 bits per heavy atom. The second-order valence-corrected chi connectivity index (χ2v) is 7.18. The average Bonchev–Trinajstić information content (AvgIpc) is 2.64. The highest BCUT2D eigenvalue weighted by atomic mass is 79.9. The summed E-state index contributed by atoms with van der Waals surface area (Å²) in [5.74, 6) is -1.00. The van der Waals surface area contributed by atoms with Crippen LogP contribution in [-0.4, -0.2) is 27.9 Å². The van der Waals surface area contributed by atoms with Gasteiger partial charge in [0.25, 0.3) is 5.91 Å². The maximum absolute atomic E-state index is 12.4. The van der Waals surface area contributed by atoms with E-state index in [1.807, 2.05) is 0 Å². The minimum Gasteiger partial charge on any atom is -0.423 e. The Labute approximate surface area is 173 Å². The molecule has 9 heteroatoms. The standard InChI is InChI=1S/C18H12BrCl2N3O3/c1-9(24-17(25)14-11(20)3-2-4-12(14)21)18(26)27-13-6-5-10(19)15-16(13)23-8-7-22-15/h2-9H,1H3,(H,24,25)/t9-/m0/s1. The van der Waals surface area contributed by atoms with E-state index in [0.29, 0.717) is 11.0 Å². The van der Waals surface area contributed by atoms with Crippen molar-refractivity contribution in [3.63, 3.8) is 0 Å². The lowest BCUT2D eigenvalue weighted by Crippen LogP contribution is -2.41. The van der Waals surface area contributed by atoms with Crippen molar-refractivity contribution in [2.45, 2.75) is 13.0 Å². The van der Waals surface area contributed by atoms with Crippen LogP contribution in [0.4, 0.5) is 0 Å². The van der Waals surface area contributed by atoms with Crippen LogP contribution >= 0.6 is 39.1 Å². The van der Waals surface area contributed by atoms with Gasteiger partial charge in [0.15, 0.2) is 5.75 Å². The van der Waals surface area contributed by atoms with Gasteiger partial charge in [0.2, 0.25) is 0 Å². The van der Waals surface area contributed by atoms with Gasteiger partial charge in [-0.1, -0.05) is 29.3 Å². The number of halogens is 3. The second-order valence-electron chi connectivity index (χ2n) is 5.51. The first kappa shape index (κ1) is 19.5. The van der Waals surface area contributed by atoms with Crippen molar-refractivity contribution < 1.29 is 14.3 Å². The summed E-state index contributed by atoms with van der Waals surface area (Å²) in [5.41, 5.74) is 1.08. The number of hydrogen-bond donors (Lipinski definition) is 1. The molecular weight excluding hydrogens is 457 g/mol. The second kappa shape index (κ2) is 8.21. The van der Waals surface area contributed by atoms with Crippen LogP contribution in [0.2, 0.25) is 10.0 Å². The van der Waals surface area contributed by atoms with E-state index in [0.717, 1.165) is 4.47 Å². The number of amides is 1. The number of fused-ring (bicyclic) bond motifs is 1. The first-order chi connectivity index (χ1) is 12.9. The maximum atomic E-state index is 12.4. The van der Waals surface area contributed by atoms with Crippen LogP contribution in [0, 0.1) is 0 Å². The fraction of sp³-hybridized carbons (Fsp3) is 0.111. The molecular formula is C18H12BrCl2N3O3. The van der Waals surface area contributed by atoms with Crippen molar-refractivity contribution in [2.24, 2.45) is 0 Å². The molecule has 0 unspecified atom stereocenters. The van der Waals surface area contributed by atoms with E-state index >= 15 is 0 Å². The average molecular weight is 469 g/mol.